The number of methoxy groups -OCH3 is 1. The number of aromatic nitrogens is 2. The third kappa shape index (κ3) is 3.88. The first-order valence-corrected chi connectivity index (χ1v) is 12.0. The number of rotatable bonds is 5. The fourth-order valence-electron chi connectivity index (χ4n) is 3.62. The van der Waals surface area contributed by atoms with Crippen molar-refractivity contribution >= 4 is 37.4 Å². The fraction of sp³-hybridized carbons (Fsp3) is 0.217. The predicted octanol–water partition coefficient (Wildman–Crippen LogP) is 5.40. The lowest BCUT2D eigenvalue weighted by Gasteiger charge is -2.17. The molecule has 6 nitrogen and oxygen atoms in total. The van der Waals surface area contributed by atoms with E-state index in [0.29, 0.717) is 17.0 Å². The molecule has 0 amide bonds. The third-order valence-electron chi connectivity index (χ3n) is 5.36. The molecule has 0 fully saturated rings. The number of thiazole rings is 1. The highest BCUT2D eigenvalue weighted by Gasteiger charge is 2.22. The minimum Gasteiger partial charge on any atom is -0.496 e. The molecule has 0 aliphatic carbocycles. The number of anilines is 1. The molecular formula is C23H23N3O3S2. The quantitative estimate of drug-likeness (QED) is 0.437. The Hall–Kier alpha value is -2.97. The summed E-state index contributed by atoms with van der Waals surface area (Å²) in [7, 11) is -2.17. The number of hydrogen-bond acceptors (Lipinski definition) is 6. The molecule has 2 aromatic carbocycles. The van der Waals surface area contributed by atoms with Crippen LogP contribution >= 0.6 is 11.3 Å². The van der Waals surface area contributed by atoms with E-state index in [1.54, 1.807) is 32.4 Å². The molecule has 2 heterocycles. The van der Waals surface area contributed by atoms with Crippen molar-refractivity contribution < 1.29 is 13.2 Å². The number of ether oxygens (including phenoxy) is 1. The number of hydrogen-bond donors (Lipinski definition) is 1. The second-order valence-corrected chi connectivity index (χ2v) is 10.1. The number of aryl methyl sites for hydroxylation is 2. The van der Waals surface area contributed by atoms with Crippen molar-refractivity contribution in [3.05, 3.63) is 64.8 Å². The lowest BCUT2D eigenvalue weighted by atomic mass is 10.1. The lowest BCUT2D eigenvalue weighted by molar-refractivity contribution is 0.407. The zero-order valence-electron chi connectivity index (χ0n) is 18.0. The standard InChI is InChI=1S/C23H23N3O3S2/c1-13-11-17(22-25-19-7-6-10-24-23(19)30-22)8-9-18(13)26-31(27,28)20-12-14(2)21(29-5)16(4)15(20)3/h6-12,26H,1-5H3. The molecule has 8 heteroatoms. The Kier molecular flexibility index (Phi) is 5.45. The first-order chi connectivity index (χ1) is 14.7. The summed E-state index contributed by atoms with van der Waals surface area (Å²) in [4.78, 5) is 10.1. The molecule has 0 aliphatic rings. The Morgan fingerprint density at radius 3 is 2.45 bits per heavy atom. The normalized spacial score (nSPS) is 11.6. The van der Waals surface area contributed by atoms with Crippen molar-refractivity contribution in [2.45, 2.75) is 32.6 Å². The average Bonchev–Trinajstić information content (AvgIpc) is 3.16. The number of benzene rings is 2. The van der Waals surface area contributed by atoms with Gasteiger partial charge < -0.3 is 4.74 Å². The molecule has 0 saturated heterocycles. The van der Waals surface area contributed by atoms with Crippen LogP contribution in [0.25, 0.3) is 20.9 Å². The molecule has 0 saturated carbocycles. The van der Waals surface area contributed by atoms with Gasteiger partial charge in [-0.1, -0.05) is 11.3 Å². The van der Waals surface area contributed by atoms with Gasteiger partial charge in [-0.2, -0.15) is 0 Å². The number of pyridine rings is 1. The molecule has 0 radical (unpaired) electrons. The molecule has 1 N–H and O–H groups in total. The molecule has 0 aliphatic heterocycles. The second kappa shape index (κ2) is 7.94. The van der Waals surface area contributed by atoms with Gasteiger partial charge in [0.25, 0.3) is 10.0 Å². The second-order valence-electron chi connectivity index (χ2n) is 7.46. The van der Waals surface area contributed by atoms with E-state index in [1.165, 1.54) is 11.3 Å². The van der Waals surface area contributed by atoms with Gasteiger partial charge in [-0.25, -0.2) is 18.4 Å². The summed E-state index contributed by atoms with van der Waals surface area (Å²) < 4.78 is 34.5. The smallest absolute Gasteiger partial charge is 0.262 e. The minimum atomic E-state index is -3.76. The van der Waals surface area contributed by atoms with E-state index in [1.807, 2.05) is 45.0 Å². The molecule has 0 atom stereocenters. The largest absolute Gasteiger partial charge is 0.496 e. The van der Waals surface area contributed by atoms with Gasteiger partial charge in [-0.3, -0.25) is 4.72 Å². The Morgan fingerprint density at radius 1 is 1.00 bits per heavy atom. The highest BCUT2D eigenvalue weighted by atomic mass is 32.2. The summed E-state index contributed by atoms with van der Waals surface area (Å²) in [6.07, 6.45) is 1.75. The SMILES string of the molecule is COc1c(C)cc(S(=O)(=O)Nc2ccc(-c3nc4cccnc4s3)cc2C)c(C)c1C. The summed E-state index contributed by atoms with van der Waals surface area (Å²) in [5.74, 6) is 0.710. The maximum atomic E-state index is 13.2. The Bertz CT molecular complexity index is 1380. The van der Waals surface area contributed by atoms with E-state index >= 15 is 0 Å². The van der Waals surface area contributed by atoms with E-state index in [-0.39, 0.29) is 4.90 Å². The molecule has 0 unspecified atom stereocenters. The average molecular weight is 454 g/mol. The van der Waals surface area contributed by atoms with Crippen molar-refractivity contribution in [3.63, 3.8) is 0 Å². The predicted molar refractivity (Wildman–Crippen MR) is 126 cm³/mol. The van der Waals surface area contributed by atoms with Crippen LogP contribution in [0.1, 0.15) is 22.3 Å². The first-order valence-electron chi connectivity index (χ1n) is 9.71. The van der Waals surface area contributed by atoms with Gasteiger partial charge >= 0.3 is 0 Å². The highest BCUT2D eigenvalue weighted by molar-refractivity contribution is 7.92. The Balaban J connectivity index is 1.68. The molecule has 0 bridgehead atoms. The molecule has 160 valence electrons. The van der Waals surface area contributed by atoms with E-state index in [9.17, 15) is 8.42 Å². The van der Waals surface area contributed by atoms with Crippen LogP contribution in [0.15, 0.2) is 47.5 Å². The van der Waals surface area contributed by atoms with Gasteiger partial charge in [-0.15, -0.1) is 0 Å². The number of nitrogens with one attached hydrogen (secondary N) is 1. The highest BCUT2D eigenvalue weighted by Crippen LogP contribution is 2.34. The molecule has 0 spiro atoms. The van der Waals surface area contributed by atoms with Crippen LogP contribution in [0.3, 0.4) is 0 Å². The summed E-state index contributed by atoms with van der Waals surface area (Å²) in [6.45, 7) is 7.39. The van der Waals surface area contributed by atoms with Gasteiger partial charge in [0.15, 0.2) is 0 Å². The lowest BCUT2D eigenvalue weighted by Crippen LogP contribution is -2.16. The van der Waals surface area contributed by atoms with Gasteiger partial charge in [0.05, 0.1) is 17.7 Å². The van der Waals surface area contributed by atoms with E-state index < -0.39 is 10.0 Å². The van der Waals surface area contributed by atoms with Crippen molar-refractivity contribution in [2.75, 3.05) is 11.8 Å². The minimum absolute atomic E-state index is 0.254. The molecular weight excluding hydrogens is 430 g/mol. The topological polar surface area (TPSA) is 81.2 Å². The van der Waals surface area contributed by atoms with Crippen LogP contribution in [0.4, 0.5) is 5.69 Å². The van der Waals surface area contributed by atoms with Gasteiger partial charge in [0, 0.05) is 11.8 Å². The molecule has 31 heavy (non-hydrogen) atoms. The van der Waals surface area contributed by atoms with Crippen molar-refractivity contribution in [1.82, 2.24) is 9.97 Å². The zero-order chi connectivity index (χ0) is 22.3. The van der Waals surface area contributed by atoms with Crippen molar-refractivity contribution in [3.8, 4) is 16.3 Å². The van der Waals surface area contributed by atoms with Gasteiger partial charge in [-0.05, 0) is 86.3 Å². The van der Waals surface area contributed by atoms with E-state index in [0.717, 1.165) is 37.6 Å². The van der Waals surface area contributed by atoms with Gasteiger partial charge in [0.1, 0.15) is 21.1 Å². The van der Waals surface area contributed by atoms with Crippen LogP contribution < -0.4 is 9.46 Å². The van der Waals surface area contributed by atoms with Crippen LogP contribution in [-0.2, 0) is 10.0 Å². The molecule has 4 aromatic rings. The summed E-state index contributed by atoms with van der Waals surface area (Å²) in [5, 5.41) is 0.850. The van der Waals surface area contributed by atoms with Crippen molar-refractivity contribution in [1.29, 1.82) is 0 Å². The van der Waals surface area contributed by atoms with Crippen LogP contribution in [0, 0.1) is 27.7 Å². The van der Waals surface area contributed by atoms with Crippen LogP contribution in [-0.4, -0.2) is 25.5 Å². The third-order valence-corrected chi connectivity index (χ3v) is 7.88. The summed E-state index contributed by atoms with van der Waals surface area (Å²) >= 11 is 1.51. The van der Waals surface area contributed by atoms with E-state index in [4.69, 9.17) is 4.74 Å². The number of nitrogens with zero attached hydrogens (tertiary/aromatic N) is 2. The number of sulfonamides is 1. The van der Waals surface area contributed by atoms with E-state index in [2.05, 4.69) is 14.7 Å². The maximum Gasteiger partial charge on any atom is 0.262 e. The Labute approximate surface area is 186 Å². The molecule has 2 aromatic heterocycles. The van der Waals surface area contributed by atoms with Crippen LogP contribution in [0.5, 0.6) is 5.75 Å². The zero-order valence-corrected chi connectivity index (χ0v) is 19.6. The van der Waals surface area contributed by atoms with Gasteiger partial charge in [0.2, 0.25) is 0 Å². The van der Waals surface area contributed by atoms with Crippen LogP contribution in [0.2, 0.25) is 0 Å². The molecule has 4 rings (SSSR count). The number of fused-ring (bicyclic) bond motifs is 1. The summed E-state index contributed by atoms with van der Waals surface area (Å²) in [5.41, 5.74) is 5.40. The Morgan fingerprint density at radius 2 is 1.77 bits per heavy atom. The van der Waals surface area contributed by atoms with Crippen molar-refractivity contribution in [2.24, 2.45) is 0 Å². The maximum absolute atomic E-state index is 13.2. The monoisotopic (exact) mass is 453 g/mol. The first kappa shape index (κ1) is 21.3. The summed E-state index contributed by atoms with van der Waals surface area (Å²) in [6, 6.07) is 11.0. The fourth-order valence-corrected chi connectivity index (χ4v) is 6.04.